The van der Waals surface area contributed by atoms with Gasteiger partial charge in [-0.05, 0) is 25.2 Å². The highest BCUT2D eigenvalue weighted by molar-refractivity contribution is 5.89. The largest absolute Gasteiger partial charge is 0.483 e. The molecule has 0 saturated carbocycles. The molecule has 2 aromatic heterocycles. The Morgan fingerprint density at radius 3 is 2.70 bits per heavy atom. The van der Waals surface area contributed by atoms with Gasteiger partial charge in [0.2, 0.25) is 11.8 Å². The average Bonchev–Trinajstić information content (AvgIpc) is 3.52. The second-order valence-corrected chi connectivity index (χ2v) is 9.11. The lowest BCUT2D eigenvalue weighted by atomic mass is 9.71. The Morgan fingerprint density at radius 1 is 1.15 bits per heavy atom. The number of imidazole rings is 1. The standard InChI is InChI=1S/C22H26N6O2.CH2O2/c29-20-5-3-4-17-15-10-16(21(28(17)20)22(30)25-7-1-2-8-25)14-26(13-15)19-12-23-11-18-24-6-9-27(18)19;2-1-3/h1-2,6,9,11-12,15-17,21H,3-5,7-8,10,13-14H2;1H,(H,2,3)/t15-,16+,17+,21-;/m1./s1. The highest BCUT2D eigenvalue weighted by Gasteiger charge is 2.53. The van der Waals surface area contributed by atoms with Gasteiger partial charge in [-0.25, -0.2) is 4.98 Å². The molecule has 4 aliphatic heterocycles. The van der Waals surface area contributed by atoms with Gasteiger partial charge in [-0.2, -0.15) is 0 Å². The van der Waals surface area contributed by atoms with E-state index < -0.39 is 0 Å². The molecule has 33 heavy (non-hydrogen) atoms. The first kappa shape index (κ1) is 21.4. The Labute approximate surface area is 191 Å². The van der Waals surface area contributed by atoms with Gasteiger partial charge in [-0.3, -0.25) is 23.8 Å². The maximum Gasteiger partial charge on any atom is 0.290 e. The molecule has 174 valence electrons. The van der Waals surface area contributed by atoms with Gasteiger partial charge >= 0.3 is 0 Å². The van der Waals surface area contributed by atoms with Crippen molar-refractivity contribution in [1.82, 2.24) is 24.2 Å². The number of nitrogens with zero attached hydrogens (tertiary/aromatic N) is 6. The van der Waals surface area contributed by atoms with Crippen molar-refractivity contribution >= 4 is 29.8 Å². The number of hydrogen-bond acceptors (Lipinski definition) is 6. The molecule has 0 spiro atoms. The van der Waals surface area contributed by atoms with Crippen molar-refractivity contribution in [3.8, 4) is 0 Å². The van der Waals surface area contributed by atoms with Crippen molar-refractivity contribution in [1.29, 1.82) is 0 Å². The molecule has 1 N–H and O–H groups in total. The molecule has 6 rings (SSSR count). The molecule has 2 aromatic rings. The molecule has 3 fully saturated rings. The molecular weight excluding hydrogens is 424 g/mol. The summed E-state index contributed by atoms with van der Waals surface area (Å²) in [7, 11) is 0. The summed E-state index contributed by atoms with van der Waals surface area (Å²) in [6.07, 6.45) is 15.0. The van der Waals surface area contributed by atoms with E-state index in [4.69, 9.17) is 9.90 Å². The molecule has 10 nitrogen and oxygen atoms in total. The minimum atomic E-state index is -0.350. The number of carbonyl (C=O) groups is 3. The van der Waals surface area contributed by atoms with Crippen LogP contribution in [0, 0.1) is 11.8 Å². The van der Waals surface area contributed by atoms with Gasteiger partial charge in [0.15, 0.2) is 5.65 Å². The van der Waals surface area contributed by atoms with E-state index in [1.807, 2.05) is 34.3 Å². The number of carboxylic acid groups (broad SMARTS) is 1. The molecule has 0 radical (unpaired) electrons. The predicted octanol–water partition coefficient (Wildman–Crippen LogP) is 1.03. The lowest BCUT2D eigenvalue weighted by molar-refractivity contribution is -0.160. The van der Waals surface area contributed by atoms with Gasteiger partial charge in [0.05, 0.1) is 12.4 Å². The second kappa shape index (κ2) is 8.84. The summed E-state index contributed by atoms with van der Waals surface area (Å²) in [5.41, 5.74) is 0.827. The van der Waals surface area contributed by atoms with Gasteiger partial charge < -0.3 is 19.8 Å². The minimum Gasteiger partial charge on any atom is -0.483 e. The van der Waals surface area contributed by atoms with Crippen molar-refractivity contribution in [2.24, 2.45) is 11.8 Å². The van der Waals surface area contributed by atoms with E-state index in [0.717, 1.165) is 43.8 Å². The summed E-state index contributed by atoms with van der Waals surface area (Å²) in [5, 5.41) is 6.89. The first-order valence-corrected chi connectivity index (χ1v) is 11.5. The molecule has 3 saturated heterocycles. The van der Waals surface area contributed by atoms with E-state index in [1.165, 1.54) is 0 Å². The number of piperidine rings is 3. The minimum absolute atomic E-state index is 0.115. The Hall–Kier alpha value is -3.43. The van der Waals surface area contributed by atoms with Gasteiger partial charge in [-0.1, -0.05) is 12.2 Å². The Kier molecular flexibility index (Phi) is 5.74. The molecule has 4 aliphatic rings. The maximum absolute atomic E-state index is 13.6. The van der Waals surface area contributed by atoms with Crippen molar-refractivity contribution in [2.45, 2.75) is 37.8 Å². The molecule has 2 bridgehead atoms. The highest BCUT2D eigenvalue weighted by Crippen LogP contribution is 2.43. The normalized spacial score (nSPS) is 28.4. The monoisotopic (exact) mass is 452 g/mol. The van der Waals surface area contributed by atoms with Crippen LogP contribution in [-0.4, -0.2) is 85.8 Å². The van der Waals surface area contributed by atoms with Crippen molar-refractivity contribution in [3.05, 3.63) is 36.9 Å². The number of anilines is 1. The zero-order valence-electron chi connectivity index (χ0n) is 18.4. The fourth-order valence-electron chi connectivity index (χ4n) is 6.08. The molecule has 6 heterocycles. The summed E-state index contributed by atoms with van der Waals surface area (Å²) >= 11 is 0. The van der Waals surface area contributed by atoms with Crippen LogP contribution in [0.2, 0.25) is 0 Å². The van der Waals surface area contributed by atoms with Gasteiger partial charge in [0.25, 0.3) is 6.47 Å². The van der Waals surface area contributed by atoms with Crippen molar-refractivity contribution in [2.75, 3.05) is 31.1 Å². The molecule has 0 aliphatic carbocycles. The number of carbonyl (C=O) groups excluding carboxylic acids is 2. The number of aromatic nitrogens is 3. The van der Waals surface area contributed by atoms with Crippen molar-refractivity contribution in [3.63, 3.8) is 0 Å². The Bertz CT molecular complexity index is 1080. The molecule has 4 atom stereocenters. The molecule has 2 amide bonds. The number of fused-ring (bicyclic) bond motifs is 5. The van der Waals surface area contributed by atoms with E-state index in [9.17, 15) is 9.59 Å². The third kappa shape index (κ3) is 3.73. The molecule has 10 heteroatoms. The van der Waals surface area contributed by atoms with Crippen LogP contribution in [0.25, 0.3) is 5.65 Å². The molecular formula is C23H28N6O4. The highest BCUT2D eigenvalue weighted by atomic mass is 16.3. The smallest absolute Gasteiger partial charge is 0.290 e. The fourth-order valence-corrected chi connectivity index (χ4v) is 6.08. The van der Waals surface area contributed by atoms with Crippen LogP contribution >= 0.6 is 0 Å². The summed E-state index contributed by atoms with van der Waals surface area (Å²) in [6.45, 7) is 2.69. The zero-order valence-corrected chi connectivity index (χ0v) is 18.4. The first-order valence-electron chi connectivity index (χ1n) is 11.5. The maximum atomic E-state index is 13.6. The fraction of sp³-hybridized carbons (Fsp3) is 0.522. The Morgan fingerprint density at radius 2 is 1.91 bits per heavy atom. The van der Waals surface area contributed by atoms with E-state index in [1.54, 1.807) is 12.4 Å². The number of amides is 2. The van der Waals surface area contributed by atoms with Gasteiger partial charge in [0.1, 0.15) is 11.9 Å². The van der Waals surface area contributed by atoms with Crippen LogP contribution in [0.4, 0.5) is 5.82 Å². The summed E-state index contributed by atoms with van der Waals surface area (Å²) in [6, 6.07) is -0.193. The third-order valence-corrected chi connectivity index (χ3v) is 7.34. The van der Waals surface area contributed by atoms with E-state index in [0.29, 0.717) is 25.4 Å². The van der Waals surface area contributed by atoms with Crippen LogP contribution in [0.1, 0.15) is 25.7 Å². The van der Waals surface area contributed by atoms with E-state index in [2.05, 4.69) is 19.3 Å². The van der Waals surface area contributed by atoms with E-state index >= 15 is 0 Å². The van der Waals surface area contributed by atoms with Crippen LogP contribution in [-0.2, 0) is 14.4 Å². The molecule has 0 unspecified atom stereocenters. The number of rotatable bonds is 2. The third-order valence-electron chi connectivity index (χ3n) is 7.34. The van der Waals surface area contributed by atoms with Crippen LogP contribution in [0.5, 0.6) is 0 Å². The number of hydrogen-bond donors (Lipinski definition) is 1. The van der Waals surface area contributed by atoms with Crippen LogP contribution in [0.15, 0.2) is 36.9 Å². The van der Waals surface area contributed by atoms with E-state index in [-0.39, 0.29) is 36.3 Å². The van der Waals surface area contributed by atoms with Crippen LogP contribution in [0.3, 0.4) is 0 Å². The van der Waals surface area contributed by atoms with Crippen molar-refractivity contribution < 1.29 is 19.5 Å². The topological polar surface area (TPSA) is 111 Å². The van der Waals surface area contributed by atoms with Gasteiger partial charge in [-0.15, -0.1) is 0 Å². The van der Waals surface area contributed by atoms with Crippen LogP contribution < -0.4 is 4.90 Å². The Balaban J connectivity index is 0.000000724. The lowest BCUT2D eigenvalue weighted by Crippen LogP contribution is -2.68. The second-order valence-electron chi connectivity index (χ2n) is 9.11. The van der Waals surface area contributed by atoms with Gasteiger partial charge in [0, 0.05) is 57.0 Å². The summed E-state index contributed by atoms with van der Waals surface area (Å²) in [4.78, 5) is 49.9. The molecule has 0 aromatic carbocycles. The SMILES string of the molecule is O=C([C@H]1[C@H]2C[C@H](CN(c3cncc4nccn34)C2)[C@@H]2CCCC(=O)N21)N1CC=CC1.O=CO. The summed E-state index contributed by atoms with van der Waals surface area (Å²) < 4.78 is 2.07. The predicted molar refractivity (Wildman–Crippen MR) is 119 cm³/mol. The quantitative estimate of drug-likeness (QED) is 0.535. The lowest BCUT2D eigenvalue weighted by Gasteiger charge is -2.56. The average molecular weight is 453 g/mol. The first-order chi connectivity index (χ1) is 16.1. The summed E-state index contributed by atoms with van der Waals surface area (Å²) in [5.74, 6) is 1.81. The zero-order chi connectivity index (χ0) is 22.9.